The molecule has 1 aromatic rings. The third kappa shape index (κ3) is 2.62. The third-order valence-corrected chi connectivity index (χ3v) is 2.66. The number of aliphatic hydroxyl groups is 1. The monoisotopic (exact) mass is 212 g/mol. The molecular formula is C10H16N2OS. The van der Waals surface area contributed by atoms with E-state index in [9.17, 15) is 5.11 Å². The Morgan fingerprint density at radius 2 is 2.07 bits per heavy atom. The van der Waals surface area contributed by atoms with Crippen molar-refractivity contribution in [3.63, 3.8) is 0 Å². The molecular weight excluding hydrogens is 196 g/mol. The fourth-order valence-corrected chi connectivity index (χ4v) is 1.96. The molecule has 0 saturated carbocycles. The van der Waals surface area contributed by atoms with Crippen LogP contribution in [0.5, 0.6) is 0 Å². The van der Waals surface area contributed by atoms with E-state index in [1.165, 1.54) is 11.5 Å². The van der Waals surface area contributed by atoms with Crippen molar-refractivity contribution < 1.29 is 5.11 Å². The number of allylic oxidation sites excluding steroid dienone is 1. The topological polar surface area (TPSA) is 46.0 Å². The lowest BCUT2D eigenvalue weighted by atomic mass is 10.1. The highest BCUT2D eigenvalue weighted by Gasteiger charge is 2.16. The van der Waals surface area contributed by atoms with Crippen LogP contribution in [-0.4, -0.2) is 14.7 Å². The molecule has 0 aliphatic carbocycles. The number of aliphatic hydroxyl groups excluding tert-OH is 1. The van der Waals surface area contributed by atoms with Crippen molar-refractivity contribution in [1.82, 2.24) is 9.59 Å². The lowest BCUT2D eigenvalue weighted by molar-refractivity contribution is 0.230. The highest BCUT2D eigenvalue weighted by molar-refractivity contribution is 7.05. The first-order valence-electron chi connectivity index (χ1n) is 4.67. The van der Waals surface area contributed by atoms with Gasteiger partial charge in [0.15, 0.2) is 0 Å². The van der Waals surface area contributed by atoms with E-state index >= 15 is 0 Å². The van der Waals surface area contributed by atoms with Crippen molar-refractivity contribution in [3.8, 4) is 0 Å². The molecule has 0 amide bonds. The zero-order valence-corrected chi connectivity index (χ0v) is 9.80. The Balaban J connectivity index is 2.95. The summed E-state index contributed by atoms with van der Waals surface area (Å²) in [6, 6.07) is 0. The minimum absolute atomic E-state index is 0.309. The summed E-state index contributed by atoms with van der Waals surface area (Å²) in [6.45, 7) is 8.03. The molecule has 0 spiro atoms. The maximum atomic E-state index is 9.86. The van der Waals surface area contributed by atoms with Gasteiger partial charge in [0.1, 0.15) is 6.10 Å². The van der Waals surface area contributed by atoms with Crippen molar-refractivity contribution >= 4 is 11.5 Å². The molecule has 4 heteroatoms. The Kier molecular flexibility index (Phi) is 3.77. The second-order valence-corrected chi connectivity index (χ2v) is 4.65. The predicted molar refractivity (Wildman–Crippen MR) is 58.4 cm³/mol. The molecule has 1 rings (SSSR count). The van der Waals surface area contributed by atoms with Crippen molar-refractivity contribution in [3.05, 3.63) is 22.2 Å². The second-order valence-electron chi connectivity index (χ2n) is 3.87. The van der Waals surface area contributed by atoms with Crippen LogP contribution in [0.2, 0.25) is 0 Å². The number of nitrogens with zero attached hydrogens (tertiary/aromatic N) is 2. The highest BCUT2D eigenvalue weighted by atomic mass is 32.1. The van der Waals surface area contributed by atoms with Gasteiger partial charge in [-0.3, -0.25) is 0 Å². The van der Waals surface area contributed by atoms with Gasteiger partial charge in [-0.15, -0.1) is 5.10 Å². The van der Waals surface area contributed by atoms with Gasteiger partial charge < -0.3 is 5.11 Å². The molecule has 78 valence electrons. The lowest BCUT2D eigenvalue weighted by Gasteiger charge is -2.07. The van der Waals surface area contributed by atoms with Gasteiger partial charge in [-0.05, 0) is 31.3 Å². The SMILES string of the molecule is CC(C)=CC(O)c1snnc1C(C)C. The van der Waals surface area contributed by atoms with Crippen LogP contribution >= 0.6 is 11.5 Å². The van der Waals surface area contributed by atoms with Gasteiger partial charge >= 0.3 is 0 Å². The molecule has 1 N–H and O–H groups in total. The average Bonchev–Trinajstić information content (AvgIpc) is 2.49. The van der Waals surface area contributed by atoms with E-state index in [1.807, 2.05) is 19.9 Å². The van der Waals surface area contributed by atoms with Gasteiger partial charge in [-0.2, -0.15) is 0 Å². The first kappa shape index (κ1) is 11.3. The van der Waals surface area contributed by atoms with Crippen molar-refractivity contribution in [2.45, 2.75) is 39.7 Å². The molecule has 3 nitrogen and oxygen atoms in total. The number of aromatic nitrogens is 2. The summed E-state index contributed by atoms with van der Waals surface area (Å²) < 4.78 is 3.87. The molecule has 1 atom stereocenters. The first-order valence-corrected chi connectivity index (χ1v) is 5.45. The smallest absolute Gasteiger partial charge is 0.110 e. The largest absolute Gasteiger partial charge is 0.383 e. The zero-order valence-electron chi connectivity index (χ0n) is 8.98. The van der Waals surface area contributed by atoms with Gasteiger partial charge in [-0.1, -0.05) is 30.0 Å². The Hall–Kier alpha value is -0.740. The standard InChI is InChI=1S/C10H16N2OS/c1-6(2)5-8(13)10-9(7(3)4)11-12-14-10/h5,7-8,13H,1-4H3. The van der Waals surface area contributed by atoms with Gasteiger partial charge in [0.05, 0.1) is 10.6 Å². The molecule has 14 heavy (non-hydrogen) atoms. The van der Waals surface area contributed by atoms with E-state index in [2.05, 4.69) is 23.4 Å². The van der Waals surface area contributed by atoms with Crippen LogP contribution in [0.3, 0.4) is 0 Å². The minimum Gasteiger partial charge on any atom is -0.383 e. The van der Waals surface area contributed by atoms with Crippen LogP contribution in [0.15, 0.2) is 11.6 Å². The lowest BCUT2D eigenvalue weighted by Crippen LogP contribution is -1.98. The molecule has 0 aromatic carbocycles. The minimum atomic E-state index is -0.558. The van der Waals surface area contributed by atoms with E-state index in [0.717, 1.165) is 16.1 Å². The summed E-state index contributed by atoms with van der Waals surface area (Å²) in [4.78, 5) is 0.862. The normalized spacial score (nSPS) is 13.0. The molecule has 1 unspecified atom stereocenters. The molecule has 0 radical (unpaired) electrons. The van der Waals surface area contributed by atoms with Crippen LogP contribution in [0.4, 0.5) is 0 Å². The molecule has 1 heterocycles. The summed E-state index contributed by atoms with van der Waals surface area (Å²) in [5.74, 6) is 0.309. The van der Waals surface area contributed by atoms with E-state index in [-0.39, 0.29) is 0 Å². The van der Waals surface area contributed by atoms with Crippen LogP contribution < -0.4 is 0 Å². The molecule has 0 saturated heterocycles. The fourth-order valence-electron chi connectivity index (χ4n) is 1.20. The van der Waals surface area contributed by atoms with Crippen LogP contribution in [-0.2, 0) is 0 Å². The Morgan fingerprint density at radius 3 is 2.57 bits per heavy atom. The van der Waals surface area contributed by atoms with Gasteiger partial charge in [0, 0.05) is 0 Å². The maximum Gasteiger partial charge on any atom is 0.110 e. The first-order chi connectivity index (χ1) is 6.52. The van der Waals surface area contributed by atoms with Crippen LogP contribution in [0.25, 0.3) is 0 Å². The van der Waals surface area contributed by atoms with Gasteiger partial charge in [-0.25, -0.2) is 0 Å². The third-order valence-electron chi connectivity index (χ3n) is 1.85. The summed E-state index contributed by atoms with van der Waals surface area (Å²) >= 11 is 1.27. The van der Waals surface area contributed by atoms with Crippen LogP contribution in [0.1, 0.15) is 50.3 Å². The summed E-state index contributed by atoms with van der Waals surface area (Å²) in [7, 11) is 0. The molecule has 0 fully saturated rings. The van der Waals surface area contributed by atoms with Gasteiger partial charge in [0.25, 0.3) is 0 Å². The Bertz CT molecular complexity index is 327. The fraction of sp³-hybridized carbons (Fsp3) is 0.600. The van der Waals surface area contributed by atoms with E-state index in [4.69, 9.17) is 0 Å². The molecule has 0 bridgehead atoms. The molecule has 0 aliphatic rings. The van der Waals surface area contributed by atoms with Crippen LogP contribution in [0, 0.1) is 0 Å². The number of rotatable bonds is 3. The summed E-state index contributed by atoms with van der Waals surface area (Å²) in [5.41, 5.74) is 2.00. The molecule has 1 aromatic heterocycles. The van der Waals surface area contributed by atoms with Crippen molar-refractivity contribution in [1.29, 1.82) is 0 Å². The predicted octanol–water partition coefficient (Wildman–Crippen LogP) is 2.66. The number of hydrogen-bond donors (Lipinski definition) is 1. The van der Waals surface area contributed by atoms with Crippen molar-refractivity contribution in [2.75, 3.05) is 0 Å². The maximum absolute atomic E-state index is 9.86. The summed E-state index contributed by atoms with van der Waals surface area (Å²) in [5, 5.41) is 13.9. The number of hydrogen-bond acceptors (Lipinski definition) is 4. The molecule has 0 aliphatic heterocycles. The van der Waals surface area contributed by atoms with Crippen molar-refractivity contribution in [2.24, 2.45) is 0 Å². The average molecular weight is 212 g/mol. The van der Waals surface area contributed by atoms with E-state index in [0.29, 0.717) is 5.92 Å². The summed E-state index contributed by atoms with van der Waals surface area (Å²) in [6.07, 6.45) is 1.26. The van der Waals surface area contributed by atoms with E-state index in [1.54, 1.807) is 0 Å². The Labute approximate surface area is 88.6 Å². The second kappa shape index (κ2) is 4.66. The highest BCUT2D eigenvalue weighted by Crippen LogP contribution is 2.27. The zero-order chi connectivity index (χ0) is 10.7. The van der Waals surface area contributed by atoms with Gasteiger partial charge in [0.2, 0.25) is 0 Å². The quantitative estimate of drug-likeness (QED) is 0.783. The Morgan fingerprint density at radius 1 is 1.43 bits per heavy atom. The van der Waals surface area contributed by atoms with E-state index < -0.39 is 6.10 Å².